The quantitative estimate of drug-likeness (QED) is 0.837. The van der Waals surface area contributed by atoms with Crippen LogP contribution in [0.3, 0.4) is 0 Å². The largest absolute Gasteiger partial charge is 0.453 e. The van der Waals surface area contributed by atoms with E-state index >= 15 is 0 Å². The van der Waals surface area contributed by atoms with Crippen LogP contribution in [0.5, 0.6) is 0 Å². The average molecular weight is 370 g/mol. The van der Waals surface area contributed by atoms with Gasteiger partial charge in [0, 0.05) is 5.56 Å². The summed E-state index contributed by atoms with van der Waals surface area (Å²) in [5, 5.41) is 10.7. The first-order chi connectivity index (χ1) is 13.1. The van der Waals surface area contributed by atoms with Gasteiger partial charge in [-0.15, -0.1) is 0 Å². The molecule has 2 aromatic rings. The lowest BCUT2D eigenvalue weighted by Crippen LogP contribution is -2.59. The first-order valence-electron chi connectivity index (χ1n) is 9.01. The molecule has 27 heavy (non-hydrogen) atoms. The van der Waals surface area contributed by atoms with Crippen molar-refractivity contribution >= 4 is 5.97 Å². The summed E-state index contributed by atoms with van der Waals surface area (Å²) in [6, 6.07) is 16.6. The molecule has 142 valence electrons. The van der Waals surface area contributed by atoms with Crippen LogP contribution in [0.2, 0.25) is 0 Å². The van der Waals surface area contributed by atoms with Crippen molar-refractivity contribution in [3.05, 3.63) is 71.3 Å². The van der Waals surface area contributed by atoms with Gasteiger partial charge in [-0.2, -0.15) is 0 Å². The molecular weight excluding hydrogens is 348 g/mol. The maximum atomic E-state index is 12.4. The third kappa shape index (κ3) is 3.89. The molecule has 0 unspecified atom stereocenters. The molecule has 1 N–H and O–H groups in total. The molecule has 2 heterocycles. The monoisotopic (exact) mass is 370 g/mol. The second kappa shape index (κ2) is 7.78. The number of ether oxygens (including phenoxy) is 4. The molecule has 0 amide bonds. The SMILES string of the molecule is Cc1ccc(C(=O)O[C@@H]2CO[C@H]3CO[C@H](c4ccccc4)O[C@H]3[C@@H]2O)cc1. The van der Waals surface area contributed by atoms with Crippen molar-refractivity contribution in [2.24, 2.45) is 0 Å². The lowest BCUT2D eigenvalue weighted by Gasteiger charge is -2.44. The summed E-state index contributed by atoms with van der Waals surface area (Å²) in [7, 11) is 0. The Bertz CT molecular complexity index is 775. The van der Waals surface area contributed by atoms with Crippen LogP contribution >= 0.6 is 0 Å². The van der Waals surface area contributed by atoms with Crippen molar-refractivity contribution in [2.75, 3.05) is 13.2 Å². The maximum Gasteiger partial charge on any atom is 0.338 e. The predicted octanol–water partition coefficient (Wildman–Crippen LogP) is 2.39. The van der Waals surface area contributed by atoms with Gasteiger partial charge in [-0.3, -0.25) is 0 Å². The maximum absolute atomic E-state index is 12.4. The predicted molar refractivity (Wildman–Crippen MR) is 96.1 cm³/mol. The van der Waals surface area contributed by atoms with E-state index in [4.69, 9.17) is 18.9 Å². The van der Waals surface area contributed by atoms with E-state index in [1.807, 2.05) is 49.4 Å². The number of hydrogen-bond acceptors (Lipinski definition) is 6. The van der Waals surface area contributed by atoms with Gasteiger partial charge >= 0.3 is 5.97 Å². The topological polar surface area (TPSA) is 74.2 Å². The molecule has 2 aromatic carbocycles. The minimum Gasteiger partial charge on any atom is -0.453 e. The van der Waals surface area contributed by atoms with Crippen LogP contribution in [0.25, 0.3) is 0 Å². The number of aliphatic hydroxyl groups excluding tert-OH is 1. The van der Waals surface area contributed by atoms with E-state index < -0.39 is 36.7 Å². The molecular formula is C21H22O6. The Labute approximate surface area is 157 Å². The van der Waals surface area contributed by atoms with Crippen LogP contribution < -0.4 is 0 Å². The zero-order valence-electron chi connectivity index (χ0n) is 15.0. The lowest BCUT2D eigenvalue weighted by atomic mass is 9.98. The Kier molecular flexibility index (Phi) is 5.22. The van der Waals surface area contributed by atoms with E-state index in [2.05, 4.69) is 0 Å². The van der Waals surface area contributed by atoms with Gasteiger partial charge in [-0.1, -0.05) is 48.0 Å². The molecule has 2 aliphatic heterocycles. The molecule has 6 heteroatoms. The second-order valence-corrected chi connectivity index (χ2v) is 6.85. The highest BCUT2D eigenvalue weighted by Crippen LogP contribution is 2.33. The molecule has 0 radical (unpaired) electrons. The summed E-state index contributed by atoms with van der Waals surface area (Å²) >= 11 is 0. The smallest absolute Gasteiger partial charge is 0.338 e. The van der Waals surface area contributed by atoms with Gasteiger partial charge in [-0.25, -0.2) is 4.79 Å². The highest BCUT2D eigenvalue weighted by Gasteiger charge is 2.46. The molecule has 5 atom stereocenters. The van der Waals surface area contributed by atoms with E-state index in [-0.39, 0.29) is 6.61 Å². The van der Waals surface area contributed by atoms with Crippen LogP contribution in [0.4, 0.5) is 0 Å². The summed E-state index contributed by atoms with van der Waals surface area (Å²) in [6.45, 7) is 2.35. The average Bonchev–Trinajstić information content (AvgIpc) is 2.71. The van der Waals surface area contributed by atoms with E-state index in [0.29, 0.717) is 12.2 Å². The zero-order chi connectivity index (χ0) is 18.8. The molecule has 0 spiro atoms. The standard InChI is InChI=1S/C21H22O6/c1-13-7-9-14(10-8-13)20(23)26-16-11-24-17-12-25-21(27-19(17)18(16)22)15-5-3-2-4-6-15/h2-10,16-19,21-22H,11-12H2,1H3/t16-,17+,18-,19-,21+/m1/s1. The number of fused-ring (bicyclic) bond motifs is 1. The van der Waals surface area contributed by atoms with Crippen molar-refractivity contribution in [2.45, 2.75) is 37.6 Å². The van der Waals surface area contributed by atoms with Crippen molar-refractivity contribution in [1.82, 2.24) is 0 Å². The fraction of sp³-hybridized carbons (Fsp3) is 0.381. The zero-order valence-corrected chi connectivity index (χ0v) is 15.0. The number of carbonyl (C=O) groups excluding carboxylic acids is 1. The lowest BCUT2D eigenvalue weighted by molar-refractivity contribution is -0.313. The van der Waals surface area contributed by atoms with Crippen molar-refractivity contribution in [3.63, 3.8) is 0 Å². The number of aliphatic hydroxyl groups is 1. The van der Waals surface area contributed by atoms with Crippen molar-refractivity contribution in [3.8, 4) is 0 Å². The minimum atomic E-state index is -0.992. The van der Waals surface area contributed by atoms with Crippen LogP contribution in [0.15, 0.2) is 54.6 Å². The minimum absolute atomic E-state index is 0.0999. The Hall–Kier alpha value is -2.25. The molecule has 4 rings (SSSR count). The molecule has 2 aliphatic rings. The summed E-state index contributed by atoms with van der Waals surface area (Å²) in [6.07, 6.45) is -3.40. The van der Waals surface area contributed by atoms with Crippen LogP contribution in [0, 0.1) is 6.92 Å². The van der Waals surface area contributed by atoms with Crippen LogP contribution in [-0.4, -0.2) is 48.7 Å². The first kappa shape index (κ1) is 18.1. The van der Waals surface area contributed by atoms with E-state index in [1.165, 1.54) is 0 Å². The number of benzene rings is 2. The fourth-order valence-corrected chi connectivity index (χ4v) is 3.30. The molecule has 2 fully saturated rings. The highest BCUT2D eigenvalue weighted by molar-refractivity contribution is 5.89. The van der Waals surface area contributed by atoms with E-state index in [0.717, 1.165) is 11.1 Å². The second-order valence-electron chi connectivity index (χ2n) is 6.85. The van der Waals surface area contributed by atoms with Gasteiger partial charge in [0.15, 0.2) is 12.4 Å². The molecule has 0 aliphatic carbocycles. The number of esters is 1. The summed E-state index contributed by atoms with van der Waals surface area (Å²) in [5.41, 5.74) is 2.35. The van der Waals surface area contributed by atoms with Gasteiger partial charge in [0.25, 0.3) is 0 Å². The normalized spacial score (nSPS) is 30.4. The van der Waals surface area contributed by atoms with Crippen LogP contribution in [-0.2, 0) is 18.9 Å². The molecule has 6 nitrogen and oxygen atoms in total. The number of rotatable bonds is 3. The van der Waals surface area contributed by atoms with Crippen LogP contribution in [0.1, 0.15) is 27.8 Å². The summed E-state index contributed by atoms with van der Waals surface area (Å²) in [4.78, 5) is 12.4. The van der Waals surface area contributed by atoms with Gasteiger partial charge in [0.2, 0.25) is 0 Å². The molecule has 0 bridgehead atoms. The van der Waals surface area contributed by atoms with Crippen molar-refractivity contribution in [1.29, 1.82) is 0 Å². The van der Waals surface area contributed by atoms with Crippen molar-refractivity contribution < 1.29 is 28.8 Å². The van der Waals surface area contributed by atoms with Gasteiger partial charge in [0.1, 0.15) is 18.3 Å². The van der Waals surface area contributed by atoms with Gasteiger partial charge < -0.3 is 24.1 Å². The molecule has 0 aromatic heterocycles. The Balaban J connectivity index is 1.43. The number of hydrogen-bond donors (Lipinski definition) is 1. The Morgan fingerprint density at radius 1 is 1.04 bits per heavy atom. The highest BCUT2D eigenvalue weighted by atomic mass is 16.7. The van der Waals surface area contributed by atoms with E-state index in [9.17, 15) is 9.90 Å². The number of carbonyl (C=O) groups is 1. The molecule has 0 saturated carbocycles. The fourth-order valence-electron chi connectivity index (χ4n) is 3.30. The van der Waals surface area contributed by atoms with Gasteiger partial charge in [-0.05, 0) is 19.1 Å². The summed E-state index contributed by atoms with van der Waals surface area (Å²) < 4.78 is 22.8. The first-order valence-corrected chi connectivity index (χ1v) is 9.01. The third-order valence-corrected chi connectivity index (χ3v) is 4.87. The number of aryl methyl sites for hydroxylation is 1. The summed E-state index contributed by atoms with van der Waals surface area (Å²) in [5.74, 6) is -0.493. The van der Waals surface area contributed by atoms with Gasteiger partial charge in [0.05, 0.1) is 18.8 Å². The van der Waals surface area contributed by atoms with E-state index in [1.54, 1.807) is 12.1 Å². The Morgan fingerprint density at radius 2 is 1.78 bits per heavy atom. The molecule has 2 saturated heterocycles. The third-order valence-electron chi connectivity index (χ3n) is 4.87. The Morgan fingerprint density at radius 3 is 2.52 bits per heavy atom.